The van der Waals surface area contributed by atoms with Crippen molar-refractivity contribution in [2.75, 3.05) is 13.1 Å². The van der Waals surface area contributed by atoms with E-state index in [1.165, 1.54) is 5.01 Å². The van der Waals surface area contributed by atoms with E-state index in [2.05, 4.69) is 23.8 Å². The summed E-state index contributed by atoms with van der Waals surface area (Å²) in [7, 11) is 0. The SMILES string of the molecule is CC(C)n1ccnc1C(=O)N1CCC(Cc2nccs2)CC1. The summed E-state index contributed by atoms with van der Waals surface area (Å²) in [5.74, 6) is 1.26. The van der Waals surface area contributed by atoms with Gasteiger partial charge in [0.2, 0.25) is 0 Å². The number of hydrogen-bond donors (Lipinski definition) is 0. The minimum Gasteiger partial charge on any atom is -0.336 e. The molecule has 0 saturated carbocycles. The van der Waals surface area contributed by atoms with Gasteiger partial charge in [-0.05, 0) is 32.6 Å². The van der Waals surface area contributed by atoms with Crippen LogP contribution in [0.2, 0.25) is 0 Å². The van der Waals surface area contributed by atoms with Crippen molar-refractivity contribution >= 4 is 17.2 Å². The second kappa shape index (κ2) is 6.60. The van der Waals surface area contributed by atoms with Gasteiger partial charge in [0.05, 0.1) is 5.01 Å². The molecule has 1 aliphatic heterocycles. The van der Waals surface area contributed by atoms with Crippen molar-refractivity contribution in [3.05, 3.63) is 34.8 Å². The maximum atomic E-state index is 12.6. The molecule has 3 rings (SSSR count). The van der Waals surface area contributed by atoms with Gasteiger partial charge in [-0.1, -0.05) is 0 Å². The van der Waals surface area contributed by atoms with Crippen molar-refractivity contribution < 1.29 is 4.79 Å². The van der Waals surface area contributed by atoms with Crippen molar-refractivity contribution in [2.24, 2.45) is 5.92 Å². The zero-order chi connectivity index (χ0) is 15.5. The first-order chi connectivity index (χ1) is 10.6. The molecule has 118 valence electrons. The van der Waals surface area contributed by atoms with E-state index in [1.807, 2.05) is 27.2 Å². The van der Waals surface area contributed by atoms with Crippen LogP contribution in [0.15, 0.2) is 24.0 Å². The van der Waals surface area contributed by atoms with Crippen LogP contribution in [0.25, 0.3) is 0 Å². The molecule has 1 saturated heterocycles. The summed E-state index contributed by atoms with van der Waals surface area (Å²) in [5.41, 5.74) is 0. The van der Waals surface area contributed by atoms with E-state index in [9.17, 15) is 4.79 Å². The second-order valence-corrected chi connectivity index (χ2v) is 7.10. The van der Waals surface area contributed by atoms with Crippen molar-refractivity contribution in [1.29, 1.82) is 0 Å². The minimum atomic E-state index is 0.0615. The Morgan fingerprint density at radius 1 is 1.32 bits per heavy atom. The maximum Gasteiger partial charge on any atom is 0.289 e. The van der Waals surface area contributed by atoms with Crippen molar-refractivity contribution in [2.45, 2.75) is 39.2 Å². The molecule has 1 fully saturated rings. The lowest BCUT2D eigenvalue weighted by Gasteiger charge is -2.31. The molecule has 6 heteroatoms. The van der Waals surface area contributed by atoms with E-state index < -0.39 is 0 Å². The molecule has 5 nitrogen and oxygen atoms in total. The highest BCUT2D eigenvalue weighted by Gasteiger charge is 2.26. The standard InChI is InChI=1S/C16H22N4OS/c1-12(2)20-9-5-18-15(20)16(21)19-7-3-13(4-8-19)11-14-17-6-10-22-14/h5-6,9-10,12-13H,3-4,7-8,11H2,1-2H3. The summed E-state index contributed by atoms with van der Waals surface area (Å²) in [4.78, 5) is 23.2. The van der Waals surface area contributed by atoms with Crippen LogP contribution in [0.1, 0.15) is 48.4 Å². The number of thiazole rings is 1. The predicted octanol–water partition coefficient (Wildman–Crippen LogP) is 3.02. The van der Waals surface area contributed by atoms with Gasteiger partial charge in [-0.15, -0.1) is 11.3 Å². The van der Waals surface area contributed by atoms with E-state index in [-0.39, 0.29) is 11.9 Å². The van der Waals surface area contributed by atoms with Crippen LogP contribution in [0.3, 0.4) is 0 Å². The Balaban J connectivity index is 1.59. The average Bonchev–Trinajstić information content (AvgIpc) is 3.18. The summed E-state index contributed by atoms with van der Waals surface area (Å²) in [6.07, 6.45) is 8.60. The lowest BCUT2D eigenvalue weighted by atomic mass is 9.94. The molecule has 0 bridgehead atoms. The summed E-state index contributed by atoms with van der Waals surface area (Å²) in [6, 6.07) is 0.254. The first-order valence-corrected chi connectivity index (χ1v) is 8.73. The monoisotopic (exact) mass is 318 g/mol. The van der Waals surface area contributed by atoms with Gasteiger partial charge in [-0.25, -0.2) is 9.97 Å². The molecule has 2 aromatic heterocycles. The molecule has 0 spiro atoms. The zero-order valence-corrected chi connectivity index (χ0v) is 13.9. The van der Waals surface area contributed by atoms with Crippen molar-refractivity contribution in [3.8, 4) is 0 Å². The number of amides is 1. The molecular weight excluding hydrogens is 296 g/mol. The number of carbonyl (C=O) groups is 1. The van der Waals surface area contributed by atoms with E-state index in [0.29, 0.717) is 11.7 Å². The molecular formula is C16H22N4OS. The maximum absolute atomic E-state index is 12.6. The van der Waals surface area contributed by atoms with Crippen LogP contribution in [0, 0.1) is 5.92 Å². The van der Waals surface area contributed by atoms with Gasteiger partial charge < -0.3 is 9.47 Å². The Morgan fingerprint density at radius 2 is 2.09 bits per heavy atom. The third-order valence-electron chi connectivity index (χ3n) is 4.26. The van der Waals surface area contributed by atoms with Crippen molar-refractivity contribution in [3.63, 3.8) is 0 Å². The van der Waals surface area contributed by atoms with Crippen LogP contribution in [-0.2, 0) is 6.42 Å². The zero-order valence-electron chi connectivity index (χ0n) is 13.1. The fourth-order valence-corrected chi connectivity index (χ4v) is 3.71. The number of rotatable bonds is 4. The topological polar surface area (TPSA) is 51.0 Å². The molecule has 0 atom stereocenters. The Labute approximate surface area is 135 Å². The summed E-state index contributed by atoms with van der Waals surface area (Å²) in [5, 5.41) is 3.24. The molecule has 0 radical (unpaired) electrons. The number of piperidine rings is 1. The van der Waals surface area contributed by atoms with Gasteiger partial charge in [0.15, 0.2) is 5.82 Å². The lowest BCUT2D eigenvalue weighted by Crippen LogP contribution is -2.40. The van der Waals surface area contributed by atoms with Gasteiger partial charge >= 0.3 is 0 Å². The fourth-order valence-electron chi connectivity index (χ4n) is 2.98. The molecule has 22 heavy (non-hydrogen) atoms. The third-order valence-corrected chi connectivity index (χ3v) is 5.07. The predicted molar refractivity (Wildman–Crippen MR) is 87.1 cm³/mol. The highest BCUT2D eigenvalue weighted by atomic mass is 32.1. The number of hydrogen-bond acceptors (Lipinski definition) is 4. The quantitative estimate of drug-likeness (QED) is 0.871. The van der Waals surface area contributed by atoms with E-state index in [4.69, 9.17) is 0 Å². The summed E-state index contributed by atoms with van der Waals surface area (Å²) in [6.45, 7) is 5.77. The Bertz CT molecular complexity index is 612. The Morgan fingerprint density at radius 3 is 2.73 bits per heavy atom. The smallest absolute Gasteiger partial charge is 0.289 e. The van der Waals surface area contributed by atoms with Gasteiger partial charge in [0.1, 0.15) is 0 Å². The largest absolute Gasteiger partial charge is 0.336 e. The molecule has 0 aromatic carbocycles. The summed E-state index contributed by atoms with van der Waals surface area (Å²) >= 11 is 1.72. The van der Waals surface area contributed by atoms with E-state index >= 15 is 0 Å². The first kappa shape index (κ1) is 15.2. The van der Waals surface area contributed by atoms with Gasteiger partial charge in [0.25, 0.3) is 5.91 Å². The number of aromatic nitrogens is 3. The highest BCUT2D eigenvalue weighted by Crippen LogP contribution is 2.23. The molecule has 1 aliphatic rings. The van der Waals surface area contributed by atoms with Crippen molar-refractivity contribution in [1.82, 2.24) is 19.4 Å². The molecule has 1 amide bonds. The van der Waals surface area contributed by atoms with E-state index in [0.717, 1.165) is 32.4 Å². The number of likely N-dealkylation sites (tertiary alicyclic amines) is 1. The molecule has 0 unspecified atom stereocenters. The van der Waals surface area contributed by atoms with E-state index in [1.54, 1.807) is 17.5 Å². The molecule has 3 heterocycles. The Hall–Kier alpha value is -1.69. The molecule has 0 N–H and O–H groups in total. The number of nitrogens with zero attached hydrogens (tertiary/aromatic N) is 4. The van der Waals surface area contributed by atoms with Gasteiger partial charge in [0, 0.05) is 49.5 Å². The molecule has 0 aliphatic carbocycles. The number of imidazole rings is 1. The van der Waals surface area contributed by atoms with Crippen LogP contribution < -0.4 is 0 Å². The fraction of sp³-hybridized carbons (Fsp3) is 0.562. The second-order valence-electron chi connectivity index (χ2n) is 6.12. The first-order valence-electron chi connectivity index (χ1n) is 7.85. The number of carbonyl (C=O) groups excluding carboxylic acids is 1. The molecule has 2 aromatic rings. The third kappa shape index (κ3) is 3.21. The minimum absolute atomic E-state index is 0.0615. The van der Waals surface area contributed by atoms with Crippen LogP contribution in [0.4, 0.5) is 0 Å². The van der Waals surface area contributed by atoms with Gasteiger partial charge in [-0.2, -0.15) is 0 Å². The highest BCUT2D eigenvalue weighted by molar-refractivity contribution is 7.09. The summed E-state index contributed by atoms with van der Waals surface area (Å²) < 4.78 is 1.95. The van der Waals surface area contributed by atoms with Crippen LogP contribution in [-0.4, -0.2) is 38.4 Å². The lowest BCUT2D eigenvalue weighted by molar-refractivity contribution is 0.0671. The van der Waals surface area contributed by atoms with Crippen LogP contribution in [0.5, 0.6) is 0 Å². The van der Waals surface area contributed by atoms with Crippen LogP contribution >= 0.6 is 11.3 Å². The normalized spacial score (nSPS) is 16.4. The average molecular weight is 318 g/mol. The Kier molecular flexibility index (Phi) is 4.57. The van der Waals surface area contributed by atoms with Gasteiger partial charge in [-0.3, -0.25) is 4.79 Å².